The average Bonchev–Trinajstić information content (AvgIpc) is 3.17. The lowest BCUT2D eigenvalue weighted by molar-refractivity contribution is 0.570. The molecule has 3 aromatic rings. The van der Waals surface area contributed by atoms with Crippen LogP contribution in [0.1, 0.15) is 22.7 Å². The lowest BCUT2D eigenvalue weighted by Gasteiger charge is -2.10. The molecule has 8 nitrogen and oxygen atoms in total. The van der Waals surface area contributed by atoms with Gasteiger partial charge in [0.15, 0.2) is 0 Å². The van der Waals surface area contributed by atoms with Crippen LogP contribution in [0.5, 0.6) is 0 Å². The molecule has 0 bridgehead atoms. The Bertz CT molecular complexity index is 1240. The largest absolute Gasteiger partial charge is 0.332 e. The minimum atomic E-state index is -3.69. The first kappa shape index (κ1) is 18.5. The van der Waals surface area contributed by atoms with Crippen molar-refractivity contribution in [2.75, 3.05) is 7.05 Å². The minimum absolute atomic E-state index is 0.0347. The van der Waals surface area contributed by atoms with Crippen molar-refractivity contribution in [2.45, 2.75) is 37.1 Å². The third kappa shape index (κ3) is 3.40. The molecular weight excluding hydrogens is 408 g/mol. The van der Waals surface area contributed by atoms with E-state index in [-0.39, 0.29) is 16.1 Å². The van der Waals surface area contributed by atoms with Crippen LogP contribution in [0.15, 0.2) is 26.1 Å². The van der Waals surface area contributed by atoms with E-state index in [1.165, 1.54) is 29.0 Å². The first-order valence-corrected chi connectivity index (χ1v) is 11.5. The molecular formula is C16H18N4O4S3. The molecule has 1 N–H and O–H groups in total. The molecule has 0 aliphatic heterocycles. The number of hydrogen-bond acceptors (Lipinski definition) is 7. The van der Waals surface area contributed by atoms with Crippen molar-refractivity contribution >= 4 is 42.9 Å². The number of thiazole rings is 1. The highest BCUT2D eigenvalue weighted by Gasteiger charge is 2.27. The molecule has 3 aromatic heterocycles. The Morgan fingerprint density at radius 1 is 1.26 bits per heavy atom. The Morgan fingerprint density at radius 2 is 2.00 bits per heavy atom. The third-order valence-electron chi connectivity index (χ3n) is 4.53. The van der Waals surface area contributed by atoms with E-state index in [0.29, 0.717) is 17.3 Å². The highest BCUT2D eigenvalue weighted by molar-refractivity contribution is 7.91. The van der Waals surface area contributed by atoms with E-state index in [1.807, 2.05) is 6.92 Å². The van der Waals surface area contributed by atoms with Crippen molar-refractivity contribution in [3.63, 3.8) is 0 Å². The highest BCUT2D eigenvalue weighted by Crippen LogP contribution is 2.33. The maximum Gasteiger partial charge on any atom is 0.332 e. The summed E-state index contributed by atoms with van der Waals surface area (Å²) < 4.78 is 29.4. The smallest absolute Gasteiger partial charge is 0.284 e. The zero-order valence-electron chi connectivity index (χ0n) is 14.8. The Morgan fingerprint density at radius 3 is 2.59 bits per heavy atom. The Labute approximate surface area is 163 Å². The second kappa shape index (κ2) is 6.66. The molecule has 0 amide bonds. The average molecular weight is 427 g/mol. The van der Waals surface area contributed by atoms with Crippen LogP contribution < -0.4 is 16.0 Å². The van der Waals surface area contributed by atoms with Crippen molar-refractivity contribution in [2.24, 2.45) is 5.92 Å². The van der Waals surface area contributed by atoms with Gasteiger partial charge in [0.05, 0.1) is 16.9 Å². The van der Waals surface area contributed by atoms with E-state index in [0.717, 1.165) is 34.1 Å². The maximum atomic E-state index is 13.1. The van der Waals surface area contributed by atoms with Crippen LogP contribution in [0.4, 0.5) is 0 Å². The topological polar surface area (TPSA) is 103 Å². The second-order valence-electron chi connectivity index (χ2n) is 6.57. The Kier molecular flexibility index (Phi) is 4.57. The quantitative estimate of drug-likeness (QED) is 0.641. The van der Waals surface area contributed by atoms with Crippen LogP contribution in [0.3, 0.4) is 0 Å². The van der Waals surface area contributed by atoms with Crippen LogP contribution in [-0.4, -0.2) is 29.6 Å². The predicted molar refractivity (Wildman–Crippen MR) is 105 cm³/mol. The standard InChI is InChI=1S/C16H18N4O4S3/c1-9-18-6-11(25-9)8-19-14(21)12-5-13(27(23,24)17-2)26-15(12)20(16(19)22)7-10-3-4-10/h5-6,10,17H,3-4,7-8H2,1-2H3. The van der Waals surface area contributed by atoms with Crippen LogP contribution in [-0.2, 0) is 23.1 Å². The van der Waals surface area contributed by atoms with Gasteiger partial charge in [0.1, 0.15) is 9.04 Å². The number of aryl methyl sites for hydroxylation is 1. The second-order valence-corrected chi connectivity index (χ2v) is 11.0. The van der Waals surface area contributed by atoms with E-state index in [4.69, 9.17) is 0 Å². The SMILES string of the molecule is CNS(=O)(=O)c1cc2c(=O)n(Cc3cnc(C)s3)c(=O)n(CC3CC3)c2s1. The van der Waals surface area contributed by atoms with Crippen molar-refractivity contribution in [1.82, 2.24) is 18.8 Å². The van der Waals surface area contributed by atoms with Crippen LogP contribution in [0.25, 0.3) is 10.2 Å². The van der Waals surface area contributed by atoms with Gasteiger partial charge < -0.3 is 0 Å². The number of fused-ring (bicyclic) bond motifs is 1. The van der Waals surface area contributed by atoms with Gasteiger partial charge in [-0.05, 0) is 38.8 Å². The molecule has 1 aliphatic rings. The molecule has 0 radical (unpaired) electrons. The molecule has 3 heterocycles. The van der Waals surface area contributed by atoms with Crippen molar-refractivity contribution in [3.8, 4) is 0 Å². The predicted octanol–water partition coefficient (Wildman–Crippen LogP) is 1.36. The van der Waals surface area contributed by atoms with Gasteiger partial charge in [-0.3, -0.25) is 13.9 Å². The molecule has 0 saturated heterocycles. The van der Waals surface area contributed by atoms with E-state index in [9.17, 15) is 18.0 Å². The molecule has 4 rings (SSSR count). The number of sulfonamides is 1. The fourth-order valence-electron chi connectivity index (χ4n) is 2.90. The summed E-state index contributed by atoms with van der Waals surface area (Å²) in [6, 6.07) is 1.37. The molecule has 1 saturated carbocycles. The summed E-state index contributed by atoms with van der Waals surface area (Å²) >= 11 is 2.39. The van der Waals surface area contributed by atoms with Crippen molar-refractivity contribution in [3.05, 3.63) is 43.0 Å². The highest BCUT2D eigenvalue weighted by atomic mass is 32.2. The number of rotatable bonds is 6. The molecule has 0 spiro atoms. The summed E-state index contributed by atoms with van der Waals surface area (Å²) in [6.45, 7) is 2.49. The summed E-state index contributed by atoms with van der Waals surface area (Å²) in [5.41, 5.74) is -0.873. The van der Waals surface area contributed by atoms with Gasteiger partial charge >= 0.3 is 5.69 Å². The molecule has 1 aliphatic carbocycles. The van der Waals surface area contributed by atoms with Gasteiger partial charge in [-0.25, -0.2) is 22.9 Å². The normalized spacial score (nSPS) is 14.9. The zero-order valence-corrected chi connectivity index (χ0v) is 17.2. The molecule has 144 valence electrons. The molecule has 27 heavy (non-hydrogen) atoms. The number of nitrogens with one attached hydrogen (secondary N) is 1. The zero-order chi connectivity index (χ0) is 19.3. The number of hydrogen-bond donors (Lipinski definition) is 1. The van der Waals surface area contributed by atoms with Crippen molar-refractivity contribution < 1.29 is 8.42 Å². The van der Waals surface area contributed by atoms with Gasteiger partial charge in [0.25, 0.3) is 5.56 Å². The summed E-state index contributed by atoms with van der Waals surface area (Å²) in [5.74, 6) is 0.397. The van der Waals surface area contributed by atoms with Crippen LogP contribution in [0.2, 0.25) is 0 Å². The van der Waals surface area contributed by atoms with Crippen molar-refractivity contribution in [1.29, 1.82) is 0 Å². The third-order valence-corrected chi connectivity index (χ3v) is 8.47. The van der Waals surface area contributed by atoms with Gasteiger partial charge in [0.2, 0.25) is 10.0 Å². The molecule has 0 unspecified atom stereocenters. The number of aromatic nitrogens is 3. The molecule has 11 heteroatoms. The fraction of sp³-hybridized carbons (Fsp3) is 0.438. The van der Waals surface area contributed by atoms with Gasteiger partial charge in [-0.1, -0.05) is 0 Å². The summed E-state index contributed by atoms with van der Waals surface area (Å²) in [7, 11) is -2.37. The number of nitrogens with zero attached hydrogens (tertiary/aromatic N) is 3. The minimum Gasteiger partial charge on any atom is -0.284 e. The summed E-state index contributed by atoms with van der Waals surface area (Å²) in [6.07, 6.45) is 3.73. The van der Waals surface area contributed by atoms with E-state index >= 15 is 0 Å². The van der Waals surface area contributed by atoms with Gasteiger partial charge in [-0.2, -0.15) is 0 Å². The summed E-state index contributed by atoms with van der Waals surface area (Å²) in [4.78, 5) is 31.4. The first-order chi connectivity index (χ1) is 12.8. The molecule has 1 fully saturated rings. The van der Waals surface area contributed by atoms with E-state index < -0.39 is 21.3 Å². The van der Waals surface area contributed by atoms with Gasteiger partial charge in [-0.15, -0.1) is 22.7 Å². The van der Waals surface area contributed by atoms with E-state index in [2.05, 4.69) is 9.71 Å². The fourth-order valence-corrected chi connectivity index (χ4v) is 5.97. The monoisotopic (exact) mass is 426 g/mol. The van der Waals surface area contributed by atoms with E-state index in [1.54, 1.807) is 10.8 Å². The maximum absolute atomic E-state index is 13.1. The molecule has 0 aromatic carbocycles. The Hall–Kier alpha value is -1.82. The summed E-state index contributed by atoms with van der Waals surface area (Å²) in [5, 5.41) is 1.12. The van der Waals surface area contributed by atoms with Gasteiger partial charge in [0, 0.05) is 17.6 Å². The first-order valence-electron chi connectivity index (χ1n) is 8.42. The van der Waals surface area contributed by atoms with Crippen LogP contribution >= 0.6 is 22.7 Å². The Balaban J connectivity index is 1.95. The molecule has 0 atom stereocenters. The number of thiophene rings is 1. The lowest BCUT2D eigenvalue weighted by Crippen LogP contribution is -2.40. The lowest BCUT2D eigenvalue weighted by atomic mass is 10.3. The van der Waals surface area contributed by atoms with Crippen LogP contribution in [0, 0.1) is 12.8 Å².